The van der Waals surface area contributed by atoms with Gasteiger partial charge in [0.25, 0.3) is 5.91 Å². The highest BCUT2D eigenvalue weighted by atomic mass is 19.4. The van der Waals surface area contributed by atoms with Crippen molar-refractivity contribution in [3.8, 4) is 0 Å². The van der Waals surface area contributed by atoms with Crippen LogP contribution in [0.15, 0.2) is 24.4 Å². The number of hydrogen-bond donors (Lipinski definition) is 3. The minimum atomic E-state index is -5.08. The number of alkyl halides is 6. The van der Waals surface area contributed by atoms with E-state index in [1.165, 1.54) is 0 Å². The molecule has 0 radical (unpaired) electrons. The number of hydrogen-bond acceptors (Lipinski definition) is 7. The van der Waals surface area contributed by atoms with Crippen LogP contribution in [-0.2, 0) is 33.8 Å². The fourth-order valence-electron chi connectivity index (χ4n) is 3.84. The number of halogens is 6. The van der Waals surface area contributed by atoms with E-state index in [1.807, 2.05) is 18.2 Å². The molecule has 11 nitrogen and oxygen atoms in total. The molecule has 2 aliphatic rings. The number of amides is 1. The monoisotopic (exact) mass is 583 g/mol. The maximum absolute atomic E-state index is 12.9. The van der Waals surface area contributed by atoms with Gasteiger partial charge in [-0.15, -0.1) is 0 Å². The molecule has 1 saturated heterocycles. The van der Waals surface area contributed by atoms with Crippen molar-refractivity contribution in [1.82, 2.24) is 25.0 Å². The Hall–Kier alpha value is -3.73. The van der Waals surface area contributed by atoms with Gasteiger partial charge in [0.15, 0.2) is 5.69 Å². The van der Waals surface area contributed by atoms with Crippen LogP contribution in [0.3, 0.4) is 0 Å². The van der Waals surface area contributed by atoms with E-state index >= 15 is 0 Å². The second-order valence-electron chi connectivity index (χ2n) is 8.68. The molecule has 2 aliphatic heterocycles. The van der Waals surface area contributed by atoms with Gasteiger partial charge in [-0.3, -0.25) is 19.8 Å². The molecular weight excluding hydrogens is 556 g/mol. The molecule has 0 bridgehead atoms. The van der Waals surface area contributed by atoms with Gasteiger partial charge in [-0.05, 0) is 25.0 Å². The summed E-state index contributed by atoms with van der Waals surface area (Å²) in [5.41, 5.74) is 3.58. The fraction of sp³-hybridized carbons (Fsp3) is 0.522. The molecule has 17 heteroatoms. The van der Waals surface area contributed by atoms with Gasteiger partial charge in [-0.25, -0.2) is 9.59 Å². The number of carbonyl (C=O) groups is 3. The minimum absolute atomic E-state index is 0.0537. The van der Waals surface area contributed by atoms with Crippen LogP contribution in [0.5, 0.6) is 0 Å². The van der Waals surface area contributed by atoms with E-state index < -0.39 is 24.3 Å². The molecule has 4 heterocycles. The van der Waals surface area contributed by atoms with E-state index in [4.69, 9.17) is 24.5 Å². The molecule has 0 unspecified atom stereocenters. The molecule has 4 rings (SSSR count). The standard InChI is InChI=1S/C19H25N5O2.2C2HF3O2/c1-23(12-14-4-2-3-8-20-14)19(25)18-16-13-24(9-5-17(16)21-22-18)15-6-10-26-11-7-15;2*3-2(4,5)1(6)7/h2-4,8,15H,5-7,9-13H2,1H3,(H,21,22);2*(H,6,7). The van der Waals surface area contributed by atoms with Gasteiger partial charge in [0.05, 0.1) is 12.2 Å². The molecule has 1 amide bonds. The van der Waals surface area contributed by atoms with Crippen molar-refractivity contribution in [2.75, 3.05) is 26.8 Å². The second kappa shape index (κ2) is 14.1. The van der Waals surface area contributed by atoms with E-state index in [-0.39, 0.29) is 5.91 Å². The molecule has 0 aliphatic carbocycles. The number of nitrogens with one attached hydrogen (secondary N) is 1. The van der Waals surface area contributed by atoms with E-state index in [0.29, 0.717) is 18.3 Å². The summed E-state index contributed by atoms with van der Waals surface area (Å²) in [6.07, 6.45) is -5.38. The zero-order valence-corrected chi connectivity index (χ0v) is 21.1. The fourth-order valence-corrected chi connectivity index (χ4v) is 3.84. The van der Waals surface area contributed by atoms with E-state index in [1.54, 1.807) is 18.1 Å². The molecule has 0 saturated carbocycles. The number of rotatable bonds is 4. The Morgan fingerprint density at radius 2 is 1.65 bits per heavy atom. The number of aromatic nitrogens is 3. The largest absolute Gasteiger partial charge is 0.490 e. The van der Waals surface area contributed by atoms with Gasteiger partial charge in [0, 0.05) is 63.3 Å². The minimum Gasteiger partial charge on any atom is -0.475 e. The van der Waals surface area contributed by atoms with Crippen molar-refractivity contribution in [2.45, 2.75) is 50.7 Å². The van der Waals surface area contributed by atoms with Gasteiger partial charge in [-0.2, -0.15) is 31.4 Å². The predicted octanol–water partition coefficient (Wildman–Crippen LogP) is 2.88. The van der Waals surface area contributed by atoms with E-state index in [2.05, 4.69) is 20.1 Å². The number of fused-ring (bicyclic) bond motifs is 1. The second-order valence-corrected chi connectivity index (χ2v) is 8.68. The highest BCUT2D eigenvalue weighted by Gasteiger charge is 2.39. The van der Waals surface area contributed by atoms with Gasteiger partial charge in [-0.1, -0.05) is 6.07 Å². The molecule has 40 heavy (non-hydrogen) atoms. The summed E-state index contributed by atoms with van der Waals surface area (Å²) in [6.45, 7) is 3.94. The third kappa shape index (κ3) is 9.78. The molecule has 0 aromatic carbocycles. The summed E-state index contributed by atoms with van der Waals surface area (Å²) in [4.78, 5) is 39.2. The highest BCUT2D eigenvalue weighted by Crippen LogP contribution is 2.26. The number of aliphatic carboxylic acids is 2. The lowest BCUT2D eigenvalue weighted by Gasteiger charge is -2.36. The third-order valence-electron chi connectivity index (χ3n) is 5.83. The van der Waals surface area contributed by atoms with Crippen LogP contribution in [0, 0.1) is 0 Å². The lowest BCUT2D eigenvalue weighted by atomic mass is 9.99. The average molecular weight is 583 g/mol. The first kappa shape index (κ1) is 32.5. The summed E-state index contributed by atoms with van der Waals surface area (Å²) in [7, 11) is 1.80. The highest BCUT2D eigenvalue weighted by molar-refractivity contribution is 5.93. The number of carboxylic acids is 2. The Balaban J connectivity index is 0.000000333. The molecule has 0 atom stereocenters. The molecule has 222 valence electrons. The Morgan fingerprint density at radius 3 is 2.15 bits per heavy atom. The van der Waals surface area contributed by atoms with Crippen LogP contribution in [0.25, 0.3) is 0 Å². The molecule has 3 N–H and O–H groups in total. The van der Waals surface area contributed by atoms with Gasteiger partial charge < -0.3 is 19.8 Å². The van der Waals surface area contributed by atoms with Crippen LogP contribution in [0.4, 0.5) is 26.3 Å². The maximum Gasteiger partial charge on any atom is 0.490 e. The quantitative estimate of drug-likeness (QED) is 0.462. The van der Waals surface area contributed by atoms with Crippen molar-refractivity contribution in [2.24, 2.45) is 0 Å². The van der Waals surface area contributed by atoms with Gasteiger partial charge >= 0.3 is 24.3 Å². The zero-order valence-electron chi connectivity index (χ0n) is 21.1. The number of carbonyl (C=O) groups excluding carboxylic acids is 1. The van der Waals surface area contributed by atoms with E-state index in [0.717, 1.165) is 62.5 Å². The van der Waals surface area contributed by atoms with Gasteiger partial charge in [0.1, 0.15) is 0 Å². The Labute approximate surface area is 223 Å². The summed E-state index contributed by atoms with van der Waals surface area (Å²) < 4.78 is 69.0. The first-order chi connectivity index (χ1) is 18.6. The SMILES string of the molecule is CN(Cc1ccccn1)C(=O)c1n[nH]c2c1CN(C1CCOCC1)CC2.O=C(O)C(F)(F)F.O=C(O)C(F)(F)F. The Kier molecular flexibility index (Phi) is 11.4. The van der Waals surface area contributed by atoms with Gasteiger partial charge in [0.2, 0.25) is 0 Å². The lowest BCUT2D eigenvalue weighted by Crippen LogP contribution is -2.42. The third-order valence-corrected chi connectivity index (χ3v) is 5.83. The van der Waals surface area contributed by atoms with Crippen molar-refractivity contribution >= 4 is 17.8 Å². The average Bonchev–Trinajstić information content (AvgIpc) is 3.32. The molecular formula is C23H27F6N5O6. The van der Waals surface area contributed by atoms with Crippen molar-refractivity contribution in [1.29, 1.82) is 0 Å². The first-order valence-corrected chi connectivity index (χ1v) is 11.7. The number of ether oxygens (including phenoxy) is 1. The Morgan fingerprint density at radius 1 is 1.07 bits per heavy atom. The molecule has 1 fully saturated rings. The molecule has 2 aromatic rings. The smallest absolute Gasteiger partial charge is 0.475 e. The van der Waals surface area contributed by atoms with E-state index in [9.17, 15) is 31.1 Å². The van der Waals surface area contributed by atoms with Crippen molar-refractivity contribution in [3.05, 3.63) is 47.0 Å². The topological polar surface area (TPSA) is 149 Å². The van der Waals surface area contributed by atoms with Crippen LogP contribution in [0.2, 0.25) is 0 Å². The van der Waals surface area contributed by atoms with Crippen molar-refractivity contribution in [3.63, 3.8) is 0 Å². The number of nitrogens with zero attached hydrogens (tertiary/aromatic N) is 4. The zero-order chi connectivity index (χ0) is 30.1. The number of carboxylic acid groups (broad SMARTS) is 2. The van der Waals surface area contributed by atoms with Crippen LogP contribution in [-0.4, -0.2) is 98.2 Å². The van der Waals surface area contributed by atoms with Crippen LogP contribution < -0.4 is 0 Å². The number of H-pyrrole nitrogens is 1. The number of aromatic amines is 1. The molecule has 2 aromatic heterocycles. The number of pyridine rings is 1. The van der Waals surface area contributed by atoms with Crippen molar-refractivity contribution < 1.29 is 55.7 Å². The Bertz CT molecular complexity index is 1110. The van der Waals surface area contributed by atoms with Crippen LogP contribution >= 0.6 is 0 Å². The summed E-state index contributed by atoms with van der Waals surface area (Å²) in [5.74, 6) is -5.57. The summed E-state index contributed by atoms with van der Waals surface area (Å²) >= 11 is 0. The summed E-state index contributed by atoms with van der Waals surface area (Å²) in [5, 5.41) is 21.7. The predicted molar refractivity (Wildman–Crippen MR) is 124 cm³/mol. The lowest BCUT2D eigenvalue weighted by molar-refractivity contribution is -0.193. The normalized spacial score (nSPS) is 16.0. The van der Waals surface area contributed by atoms with Crippen LogP contribution in [0.1, 0.15) is 40.3 Å². The maximum atomic E-state index is 12.9. The summed E-state index contributed by atoms with van der Waals surface area (Å²) in [6, 6.07) is 6.28. The molecule has 0 spiro atoms. The first-order valence-electron chi connectivity index (χ1n) is 11.7.